The van der Waals surface area contributed by atoms with Crippen molar-refractivity contribution in [3.63, 3.8) is 0 Å². The molecule has 1 amide bonds. The Hall–Kier alpha value is -3.12. The van der Waals surface area contributed by atoms with E-state index in [0.717, 1.165) is 56.0 Å². The van der Waals surface area contributed by atoms with Crippen LogP contribution >= 0.6 is 11.6 Å². The first-order valence-corrected chi connectivity index (χ1v) is 10.6. The highest BCUT2D eigenvalue weighted by molar-refractivity contribution is 6.31. The number of carbonyl (C=O) groups excluding carboxylic acids is 1. The molecule has 2 N–H and O–H groups in total. The summed E-state index contributed by atoms with van der Waals surface area (Å²) in [5.41, 5.74) is 9.10. The molecule has 9 heteroatoms. The fourth-order valence-electron chi connectivity index (χ4n) is 3.70. The second-order valence-electron chi connectivity index (χ2n) is 7.58. The standard InChI is InChI=1S/C22H24ClN7O/c23-21-13-18(1-4-19(21)15-24)7-8-28-9-11-29(12-10-28)22(31)14-17-2-5-20(6-3-17)30-16-25-26-27-30/h1-6,13,16,26-27H,7-12,14H2. The summed E-state index contributed by atoms with van der Waals surface area (Å²) >= 11 is 6.12. The number of benzene rings is 2. The second kappa shape index (κ2) is 9.79. The van der Waals surface area contributed by atoms with Crippen molar-refractivity contribution >= 4 is 29.5 Å². The average Bonchev–Trinajstić information content (AvgIpc) is 3.33. The summed E-state index contributed by atoms with van der Waals surface area (Å²) in [6.07, 6.45) is 2.93. The van der Waals surface area contributed by atoms with Crippen molar-refractivity contribution in [2.45, 2.75) is 12.8 Å². The molecule has 1 fully saturated rings. The molecule has 0 unspecified atom stereocenters. The topological polar surface area (TPSA) is 87.0 Å². The Morgan fingerprint density at radius 3 is 2.48 bits per heavy atom. The number of rotatable bonds is 6. The third kappa shape index (κ3) is 5.33. The molecular weight excluding hydrogens is 414 g/mol. The molecule has 0 aliphatic carbocycles. The van der Waals surface area contributed by atoms with Crippen molar-refractivity contribution in [3.05, 3.63) is 64.2 Å². The monoisotopic (exact) mass is 437 g/mol. The summed E-state index contributed by atoms with van der Waals surface area (Å²) in [5, 5.41) is 15.1. The quantitative estimate of drug-likeness (QED) is 0.718. The van der Waals surface area contributed by atoms with E-state index in [2.05, 4.69) is 27.1 Å². The number of hydrogen-bond donors (Lipinski definition) is 2. The van der Waals surface area contributed by atoms with Crippen LogP contribution in [0.25, 0.3) is 0 Å². The summed E-state index contributed by atoms with van der Waals surface area (Å²) in [6, 6.07) is 15.5. The Morgan fingerprint density at radius 2 is 1.84 bits per heavy atom. The van der Waals surface area contributed by atoms with Gasteiger partial charge in [0, 0.05) is 32.7 Å². The van der Waals surface area contributed by atoms with Crippen molar-refractivity contribution in [2.24, 2.45) is 5.10 Å². The minimum Gasteiger partial charge on any atom is -0.340 e. The third-order valence-corrected chi connectivity index (χ3v) is 5.89. The summed E-state index contributed by atoms with van der Waals surface area (Å²) in [6.45, 7) is 4.12. The van der Waals surface area contributed by atoms with Gasteiger partial charge >= 0.3 is 0 Å². The third-order valence-electron chi connectivity index (χ3n) is 5.57. The first-order chi connectivity index (χ1) is 15.1. The highest BCUT2D eigenvalue weighted by Crippen LogP contribution is 2.18. The number of anilines is 1. The normalized spacial score (nSPS) is 16.3. The van der Waals surface area contributed by atoms with E-state index < -0.39 is 0 Å². The van der Waals surface area contributed by atoms with Gasteiger partial charge in [0.15, 0.2) is 0 Å². The van der Waals surface area contributed by atoms with Gasteiger partial charge in [-0.05, 0) is 41.8 Å². The summed E-state index contributed by atoms with van der Waals surface area (Å²) in [4.78, 5) is 17.0. The van der Waals surface area contributed by atoms with Gasteiger partial charge in [0.25, 0.3) is 0 Å². The van der Waals surface area contributed by atoms with E-state index >= 15 is 0 Å². The lowest BCUT2D eigenvalue weighted by atomic mass is 10.1. The fraction of sp³-hybridized carbons (Fsp3) is 0.318. The number of nitrogens with zero attached hydrogens (tertiary/aromatic N) is 5. The maximum Gasteiger partial charge on any atom is 0.227 e. The number of piperazine rings is 1. The fourth-order valence-corrected chi connectivity index (χ4v) is 3.95. The summed E-state index contributed by atoms with van der Waals surface area (Å²) < 4.78 is 0. The van der Waals surface area contributed by atoms with Crippen LogP contribution in [0, 0.1) is 11.3 Å². The Labute approximate surface area is 186 Å². The number of hydrazone groups is 1. The molecule has 1 saturated heterocycles. The highest BCUT2D eigenvalue weighted by atomic mass is 35.5. The number of amides is 1. The van der Waals surface area contributed by atoms with E-state index in [1.165, 1.54) is 0 Å². The zero-order valence-electron chi connectivity index (χ0n) is 17.1. The summed E-state index contributed by atoms with van der Waals surface area (Å²) in [7, 11) is 0. The lowest BCUT2D eigenvalue weighted by Crippen LogP contribution is -2.49. The van der Waals surface area contributed by atoms with Crippen LogP contribution in [0.3, 0.4) is 0 Å². The van der Waals surface area contributed by atoms with Crippen LogP contribution < -0.4 is 16.1 Å². The van der Waals surface area contributed by atoms with Crippen molar-refractivity contribution in [2.75, 3.05) is 37.7 Å². The van der Waals surface area contributed by atoms with E-state index in [4.69, 9.17) is 16.9 Å². The number of halogens is 1. The van der Waals surface area contributed by atoms with Gasteiger partial charge < -0.3 is 4.90 Å². The molecule has 0 atom stereocenters. The van der Waals surface area contributed by atoms with Gasteiger partial charge in [0.05, 0.1) is 22.7 Å². The van der Waals surface area contributed by atoms with E-state index in [0.29, 0.717) is 17.0 Å². The molecule has 0 aromatic heterocycles. The lowest BCUT2D eigenvalue weighted by molar-refractivity contribution is -0.132. The van der Waals surface area contributed by atoms with E-state index in [9.17, 15) is 4.79 Å². The van der Waals surface area contributed by atoms with Gasteiger partial charge in [-0.3, -0.25) is 9.69 Å². The van der Waals surface area contributed by atoms with Gasteiger partial charge in [-0.15, -0.1) is 5.53 Å². The smallest absolute Gasteiger partial charge is 0.227 e. The van der Waals surface area contributed by atoms with Crippen LogP contribution in [0.4, 0.5) is 5.69 Å². The number of hydrazine groups is 2. The van der Waals surface area contributed by atoms with Crippen LogP contribution in [-0.2, 0) is 17.6 Å². The molecule has 4 rings (SSSR count). The number of hydrogen-bond acceptors (Lipinski definition) is 7. The van der Waals surface area contributed by atoms with Crippen molar-refractivity contribution in [1.29, 1.82) is 5.26 Å². The first-order valence-electron chi connectivity index (χ1n) is 10.2. The maximum atomic E-state index is 12.7. The van der Waals surface area contributed by atoms with Gasteiger partial charge in [-0.25, -0.2) is 10.5 Å². The zero-order valence-corrected chi connectivity index (χ0v) is 17.8. The van der Waals surface area contributed by atoms with Crippen molar-refractivity contribution < 1.29 is 4.79 Å². The van der Waals surface area contributed by atoms with Gasteiger partial charge in [-0.2, -0.15) is 10.4 Å². The maximum absolute atomic E-state index is 12.7. The van der Waals surface area contributed by atoms with Crippen LogP contribution in [0.2, 0.25) is 5.02 Å². The van der Waals surface area contributed by atoms with Crippen LogP contribution in [0.5, 0.6) is 0 Å². The largest absolute Gasteiger partial charge is 0.340 e. The van der Waals surface area contributed by atoms with E-state index in [1.807, 2.05) is 41.3 Å². The van der Waals surface area contributed by atoms with Crippen molar-refractivity contribution in [3.8, 4) is 6.07 Å². The molecule has 8 nitrogen and oxygen atoms in total. The Kier molecular flexibility index (Phi) is 6.67. The SMILES string of the molecule is N#Cc1ccc(CCN2CCN(C(=O)Cc3ccc(N4C=NNN4)cc3)CC2)cc1Cl. The molecule has 0 bridgehead atoms. The van der Waals surface area contributed by atoms with E-state index in [1.54, 1.807) is 17.4 Å². The molecule has 2 heterocycles. The van der Waals surface area contributed by atoms with Crippen LogP contribution in [-0.4, -0.2) is 54.8 Å². The van der Waals surface area contributed by atoms with Gasteiger partial charge in [-0.1, -0.05) is 29.8 Å². The number of nitrogens with one attached hydrogen (secondary N) is 2. The Balaban J connectivity index is 1.22. The highest BCUT2D eigenvalue weighted by Gasteiger charge is 2.21. The predicted octanol–water partition coefficient (Wildman–Crippen LogP) is 1.91. The Morgan fingerprint density at radius 1 is 1.10 bits per heavy atom. The second-order valence-corrected chi connectivity index (χ2v) is 7.99. The molecule has 31 heavy (non-hydrogen) atoms. The van der Waals surface area contributed by atoms with Gasteiger partial charge in [0.2, 0.25) is 5.91 Å². The molecule has 0 radical (unpaired) electrons. The number of nitriles is 1. The lowest BCUT2D eigenvalue weighted by Gasteiger charge is -2.35. The van der Waals surface area contributed by atoms with Crippen LogP contribution in [0.15, 0.2) is 47.6 Å². The molecule has 2 aliphatic rings. The van der Waals surface area contributed by atoms with Gasteiger partial charge in [0.1, 0.15) is 12.4 Å². The number of carbonyl (C=O) groups is 1. The molecule has 2 aromatic carbocycles. The molecule has 0 spiro atoms. The minimum atomic E-state index is 0.161. The molecule has 2 aromatic rings. The molecule has 160 valence electrons. The Bertz CT molecular complexity index is 994. The minimum absolute atomic E-state index is 0.161. The average molecular weight is 438 g/mol. The van der Waals surface area contributed by atoms with E-state index in [-0.39, 0.29) is 5.91 Å². The molecular formula is C22H24ClN7O. The van der Waals surface area contributed by atoms with Crippen LogP contribution in [0.1, 0.15) is 16.7 Å². The summed E-state index contributed by atoms with van der Waals surface area (Å²) in [5.74, 6) is 0.161. The van der Waals surface area contributed by atoms with Crippen molar-refractivity contribution in [1.82, 2.24) is 20.9 Å². The predicted molar refractivity (Wildman–Crippen MR) is 120 cm³/mol. The first kappa shape index (κ1) is 21.1. The molecule has 0 saturated carbocycles. The zero-order chi connectivity index (χ0) is 21.6. The molecule has 2 aliphatic heterocycles.